The van der Waals surface area contributed by atoms with Crippen LogP contribution in [-0.2, 0) is 9.53 Å². The first-order chi connectivity index (χ1) is 9.69. The summed E-state index contributed by atoms with van der Waals surface area (Å²) in [5, 5.41) is 16.1. The number of nitrogens with zero attached hydrogens (tertiary/aromatic N) is 1. The van der Waals surface area contributed by atoms with Gasteiger partial charge in [0.25, 0.3) is 0 Å². The number of carboxylic acids is 1. The number of hydrogen-bond donors (Lipinski definition) is 2. The molecule has 0 atom stereocenters. The van der Waals surface area contributed by atoms with Crippen molar-refractivity contribution in [2.24, 2.45) is 0 Å². The minimum absolute atomic E-state index is 0.0395. The van der Waals surface area contributed by atoms with Crippen LogP contribution in [0.15, 0.2) is 16.8 Å². The summed E-state index contributed by atoms with van der Waals surface area (Å²) in [6.07, 6.45) is -0.446. The lowest BCUT2D eigenvalue weighted by molar-refractivity contribution is -0.139. The van der Waals surface area contributed by atoms with E-state index >= 15 is 0 Å². The number of carbonyl (C=O) groups excluding carboxylic acids is 1. The Morgan fingerprint density at radius 3 is 2.62 bits per heavy atom. The minimum Gasteiger partial charge on any atom is -0.481 e. The Kier molecular flexibility index (Phi) is 4.13. The van der Waals surface area contributed by atoms with Gasteiger partial charge >= 0.3 is 12.1 Å². The molecule has 1 saturated heterocycles. The summed E-state index contributed by atoms with van der Waals surface area (Å²) in [7, 11) is 0. The third-order valence-corrected chi connectivity index (χ3v) is 3.74. The van der Waals surface area contributed by atoms with Crippen molar-refractivity contribution in [2.45, 2.75) is 38.3 Å². The van der Waals surface area contributed by atoms with E-state index in [-0.39, 0.29) is 6.42 Å². The number of likely N-dealkylation sites (tertiary alicyclic amines) is 1. The fraction of sp³-hybridized carbons (Fsp3) is 0.571. The van der Waals surface area contributed by atoms with E-state index in [1.165, 1.54) is 16.2 Å². The fourth-order valence-electron chi connectivity index (χ4n) is 2.31. The Bertz CT molecular complexity index is 516. The van der Waals surface area contributed by atoms with Crippen molar-refractivity contribution >= 4 is 29.1 Å². The van der Waals surface area contributed by atoms with Crippen molar-refractivity contribution < 1.29 is 19.4 Å². The van der Waals surface area contributed by atoms with E-state index in [0.717, 1.165) is 5.69 Å². The van der Waals surface area contributed by atoms with E-state index in [4.69, 9.17) is 9.84 Å². The Morgan fingerprint density at radius 1 is 1.48 bits per heavy atom. The van der Waals surface area contributed by atoms with Crippen molar-refractivity contribution in [3.05, 3.63) is 16.8 Å². The molecule has 1 aliphatic rings. The summed E-state index contributed by atoms with van der Waals surface area (Å²) < 4.78 is 5.29. The first-order valence-corrected chi connectivity index (χ1v) is 7.64. The van der Waals surface area contributed by atoms with Crippen LogP contribution >= 0.6 is 11.3 Å². The van der Waals surface area contributed by atoms with Crippen LogP contribution in [0.3, 0.4) is 0 Å². The van der Waals surface area contributed by atoms with E-state index in [9.17, 15) is 9.59 Å². The molecule has 2 heterocycles. The monoisotopic (exact) mass is 312 g/mol. The van der Waals surface area contributed by atoms with Crippen molar-refractivity contribution in [1.29, 1.82) is 0 Å². The van der Waals surface area contributed by atoms with Gasteiger partial charge in [-0.25, -0.2) is 4.79 Å². The van der Waals surface area contributed by atoms with E-state index in [0.29, 0.717) is 13.1 Å². The van der Waals surface area contributed by atoms with E-state index in [1.807, 2.05) is 16.8 Å². The first-order valence-electron chi connectivity index (χ1n) is 6.69. The normalized spacial score (nSPS) is 17.0. The maximum absolute atomic E-state index is 11.9. The molecule has 0 aromatic carbocycles. The Labute approximate surface area is 127 Å². The van der Waals surface area contributed by atoms with Gasteiger partial charge in [0, 0.05) is 24.2 Å². The van der Waals surface area contributed by atoms with Crippen LogP contribution in [-0.4, -0.2) is 46.3 Å². The lowest BCUT2D eigenvalue weighted by atomic mass is 9.86. The van der Waals surface area contributed by atoms with Crippen LogP contribution in [0.5, 0.6) is 0 Å². The molecule has 2 N–H and O–H groups in total. The molecule has 0 aliphatic carbocycles. The molecule has 0 saturated carbocycles. The molecule has 21 heavy (non-hydrogen) atoms. The molecule has 116 valence electrons. The second-order valence-electron chi connectivity index (χ2n) is 6.32. The molecule has 0 bridgehead atoms. The molecule has 0 spiro atoms. The molecule has 2 rings (SSSR count). The number of hydrogen-bond acceptors (Lipinski definition) is 5. The topological polar surface area (TPSA) is 78.9 Å². The van der Waals surface area contributed by atoms with Crippen LogP contribution in [0.1, 0.15) is 27.2 Å². The number of anilines is 1. The fourth-order valence-corrected chi connectivity index (χ4v) is 2.89. The Morgan fingerprint density at radius 2 is 2.14 bits per heavy atom. The molecule has 1 aromatic rings. The number of thiophene rings is 1. The number of amides is 1. The number of aliphatic carboxylic acids is 1. The van der Waals surface area contributed by atoms with Gasteiger partial charge in [-0.15, -0.1) is 0 Å². The van der Waals surface area contributed by atoms with Crippen molar-refractivity contribution in [3.8, 4) is 0 Å². The quantitative estimate of drug-likeness (QED) is 0.893. The van der Waals surface area contributed by atoms with Crippen molar-refractivity contribution in [1.82, 2.24) is 4.90 Å². The molecular formula is C14H20N2O4S. The summed E-state index contributed by atoms with van der Waals surface area (Å²) in [6, 6.07) is 1.89. The maximum Gasteiger partial charge on any atom is 0.410 e. The molecule has 0 radical (unpaired) electrons. The van der Waals surface area contributed by atoms with Gasteiger partial charge in [0.05, 0.1) is 12.0 Å². The number of ether oxygens (including phenoxy) is 1. The van der Waals surface area contributed by atoms with Gasteiger partial charge in [0.1, 0.15) is 5.60 Å². The average molecular weight is 312 g/mol. The smallest absolute Gasteiger partial charge is 0.410 e. The maximum atomic E-state index is 11.9. The summed E-state index contributed by atoms with van der Waals surface area (Å²) in [5.41, 5.74) is -0.294. The highest BCUT2D eigenvalue weighted by atomic mass is 32.1. The highest BCUT2D eigenvalue weighted by Gasteiger charge is 2.48. The van der Waals surface area contributed by atoms with Crippen LogP contribution in [0.2, 0.25) is 0 Å². The van der Waals surface area contributed by atoms with E-state index in [1.54, 1.807) is 20.8 Å². The van der Waals surface area contributed by atoms with Crippen LogP contribution in [0, 0.1) is 0 Å². The second-order valence-corrected chi connectivity index (χ2v) is 7.10. The molecule has 1 amide bonds. The summed E-state index contributed by atoms with van der Waals surface area (Å²) >= 11 is 1.53. The predicted molar refractivity (Wildman–Crippen MR) is 80.7 cm³/mol. The lowest BCUT2D eigenvalue weighted by Gasteiger charge is -2.49. The van der Waals surface area contributed by atoms with Gasteiger partial charge in [0.2, 0.25) is 0 Å². The first kappa shape index (κ1) is 15.6. The van der Waals surface area contributed by atoms with Gasteiger partial charge in [-0.3, -0.25) is 4.79 Å². The summed E-state index contributed by atoms with van der Waals surface area (Å²) in [5.74, 6) is -0.887. The molecular weight excluding hydrogens is 292 g/mol. The average Bonchev–Trinajstić information content (AvgIpc) is 2.74. The Hall–Kier alpha value is -1.76. The van der Waals surface area contributed by atoms with Gasteiger partial charge in [-0.2, -0.15) is 11.3 Å². The van der Waals surface area contributed by atoms with Gasteiger partial charge in [-0.05, 0) is 32.2 Å². The number of rotatable bonds is 4. The SMILES string of the molecule is CC(C)(C)OC(=O)N1CC(CC(=O)O)(Nc2ccsc2)C1. The molecule has 1 aliphatic heterocycles. The van der Waals surface area contributed by atoms with Crippen molar-refractivity contribution in [3.63, 3.8) is 0 Å². The number of carbonyl (C=O) groups is 2. The summed E-state index contributed by atoms with van der Waals surface area (Å²) in [4.78, 5) is 24.5. The standard InChI is InChI=1S/C14H20N2O4S/c1-13(2,3)20-12(19)16-8-14(9-16,6-11(17)18)15-10-4-5-21-7-10/h4-5,7,15H,6,8-9H2,1-3H3,(H,17,18). The van der Waals surface area contributed by atoms with Crippen LogP contribution < -0.4 is 5.32 Å². The zero-order chi connectivity index (χ0) is 15.7. The molecule has 7 heteroatoms. The van der Waals surface area contributed by atoms with Crippen LogP contribution in [0.25, 0.3) is 0 Å². The van der Waals surface area contributed by atoms with Gasteiger partial charge < -0.3 is 20.1 Å². The van der Waals surface area contributed by atoms with Crippen molar-refractivity contribution in [2.75, 3.05) is 18.4 Å². The molecule has 1 aromatic heterocycles. The highest BCUT2D eigenvalue weighted by molar-refractivity contribution is 7.08. The third kappa shape index (κ3) is 4.10. The van der Waals surface area contributed by atoms with E-state index in [2.05, 4.69) is 5.32 Å². The second kappa shape index (κ2) is 5.55. The zero-order valence-electron chi connectivity index (χ0n) is 12.4. The number of carboxylic acid groups (broad SMARTS) is 1. The minimum atomic E-state index is -0.887. The largest absolute Gasteiger partial charge is 0.481 e. The summed E-state index contributed by atoms with van der Waals surface area (Å²) in [6.45, 7) is 6.06. The predicted octanol–water partition coefficient (Wildman–Crippen LogP) is 2.62. The number of nitrogens with one attached hydrogen (secondary N) is 1. The Balaban J connectivity index is 1.99. The van der Waals surface area contributed by atoms with E-state index < -0.39 is 23.2 Å². The molecule has 1 fully saturated rings. The molecule has 0 unspecified atom stereocenters. The lowest BCUT2D eigenvalue weighted by Crippen LogP contribution is -2.68. The van der Waals surface area contributed by atoms with Gasteiger partial charge in [-0.1, -0.05) is 0 Å². The molecule has 6 nitrogen and oxygen atoms in total. The third-order valence-electron chi connectivity index (χ3n) is 3.06. The highest BCUT2D eigenvalue weighted by Crippen LogP contribution is 2.31. The van der Waals surface area contributed by atoms with Crippen LogP contribution in [0.4, 0.5) is 10.5 Å². The van der Waals surface area contributed by atoms with Gasteiger partial charge in [0.15, 0.2) is 0 Å². The zero-order valence-corrected chi connectivity index (χ0v) is 13.2.